The van der Waals surface area contributed by atoms with Gasteiger partial charge in [-0.15, -0.1) is 11.8 Å². The monoisotopic (exact) mass is 275 g/mol. The summed E-state index contributed by atoms with van der Waals surface area (Å²) < 4.78 is 5.08. The van der Waals surface area contributed by atoms with Gasteiger partial charge >= 0.3 is 11.7 Å². The lowest BCUT2D eigenvalue weighted by atomic mass is 10.2. The summed E-state index contributed by atoms with van der Waals surface area (Å²) in [5.74, 6) is 0.154. The van der Waals surface area contributed by atoms with E-state index >= 15 is 0 Å². The molecule has 5 heteroatoms. The van der Waals surface area contributed by atoms with Gasteiger partial charge in [0.1, 0.15) is 0 Å². The van der Waals surface area contributed by atoms with Crippen LogP contribution in [0.15, 0.2) is 53.6 Å². The van der Waals surface area contributed by atoms with Gasteiger partial charge in [0.2, 0.25) is 0 Å². The lowest BCUT2D eigenvalue weighted by Gasteiger charge is -2.05. The van der Waals surface area contributed by atoms with E-state index < -0.39 is 5.97 Å². The Morgan fingerprint density at radius 2 is 2.05 bits per heavy atom. The Balaban J connectivity index is 2.11. The summed E-state index contributed by atoms with van der Waals surface area (Å²) in [6.45, 7) is 0. The van der Waals surface area contributed by atoms with E-state index in [4.69, 9.17) is 0 Å². The molecule has 19 heavy (non-hydrogen) atoms. The molecule has 4 nitrogen and oxygen atoms in total. The van der Waals surface area contributed by atoms with E-state index in [9.17, 15) is 10.0 Å². The van der Waals surface area contributed by atoms with Crippen molar-refractivity contribution in [2.24, 2.45) is 0 Å². The van der Waals surface area contributed by atoms with E-state index in [0.29, 0.717) is 4.73 Å². The summed E-state index contributed by atoms with van der Waals surface area (Å²) in [7, 11) is 1.26. The van der Waals surface area contributed by atoms with Gasteiger partial charge in [0.25, 0.3) is 0 Å². The molecule has 0 aliphatic rings. The van der Waals surface area contributed by atoms with Crippen molar-refractivity contribution in [1.82, 2.24) is 0 Å². The number of thioether (sulfide) groups is 1. The van der Waals surface area contributed by atoms with Crippen LogP contribution in [-0.4, -0.2) is 13.1 Å². The standard InChI is InChI=1S/C14H13NO3S/c1-18-14(16)13-9-12(7-8-15(13)17)19-10-11-5-3-2-4-6-11/h2-9H,10H2,1H3. The Morgan fingerprint density at radius 1 is 1.32 bits per heavy atom. The molecule has 1 heterocycles. The van der Waals surface area contributed by atoms with Crippen molar-refractivity contribution in [3.05, 3.63) is 65.1 Å². The minimum absolute atomic E-state index is 0.000520. The second-order valence-electron chi connectivity index (χ2n) is 3.84. The minimum atomic E-state index is -0.628. The van der Waals surface area contributed by atoms with Gasteiger partial charge in [-0.05, 0) is 5.56 Å². The van der Waals surface area contributed by atoms with Crippen LogP contribution in [0.2, 0.25) is 0 Å². The van der Waals surface area contributed by atoms with Crippen LogP contribution in [-0.2, 0) is 10.5 Å². The predicted octanol–water partition coefficient (Wildman–Crippen LogP) is 2.40. The number of aromatic nitrogens is 1. The van der Waals surface area contributed by atoms with E-state index in [1.807, 2.05) is 30.3 Å². The van der Waals surface area contributed by atoms with E-state index in [0.717, 1.165) is 10.6 Å². The normalized spacial score (nSPS) is 10.2. The zero-order valence-corrected chi connectivity index (χ0v) is 11.2. The fourth-order valence-electron chi connectivity index (χ4n) is 1.55. The zero-order valence-electron chi connectivity index (χ0n) is 10.4. The predicted molar refractivity (Wildman–Crippen MR) is 72.7 cm³/mol. The molecule has 0 aliphatic carbocycles. The molecule has 0 amide bonds. The van der Waals surface area contributed by atoms with Crippen LogP contribution in [0.1, 0.15) is 16.1 Å². The third-order valence-electron chi connectivity index (χ3n) is 2.53. The first-order chi connectivity index (χ1) is 9.20. The van der Waals surface area contributed by atoms with Crippen molar-refractivity contribution in [3.63, 3.8) is 0 Å². The van der Waals surface area contributed by atoms with Gasteiger partial charge in [0.15, 0.2) is 6.20 Å². The van der Waals surface area contributed by atoms with E-state index in [1.165, 1.54) is 18.9 Å². The third-order valence-corrected chi connectivity index (χ3v) is 3.60. The lowest BCUT2D eigenvalue weighted by Crippen LogP contribution is -2.34. The van der Waals surface area contributed by atoms with E-state index in [-0.39, 0.29) is 5.69 Å². The lowest BCUT2D eigenvalue weighted by molar-refractivity contribution is -0.608. The smallest absolute Gasteiger partial charge is 0.404 e. The topological polar surface area (TPSA) is 53.2 Å². The Kier molecular flexibility index (Phi) is 4.41. The molecule has 0 fully saturated rings. The van der Waals surface area contributed by atoms with Crippen LogP contribution in [0.4, 0.5) is 0 Å². The van der Waals surface area contributed by atoms with Crippen molar-refractivity contribution in [2.45, 2.75) is 10.6 Å². The quantitative estimate of drug-likeness (QED) is 0.372. The number of esters is 1. The summed E-state index contributed by atoms with van der Waals surface area (Å²) in [5, 5.41) is 11.5. The zero-order chi connectivity index (χ0) is 13.7. The largest absolute Gasteiger partial charge is 0.618 e. The van der Waals surface area contributed by atoms with Crippen LogP contribution in [0.25, 0.3) is 0 Å². The highest BCUT2D eigenvalue weighted by atomic mass is 32.2. The molecule has 0 unspecified atom stereocenters. The van der Waals surface area contributed by atoms with E-state index in [1.54, 1.807) is 23.9 Å². The molecule has 0 spiro atoms. The Labute approximate surface area is 115 Å². The molecule has 0 radical (unpaired) electrons. The number of ether oxygens (including phenoxy) is 1. The number of rotatable bonds is 4. The third kappa shape index (κ3) is 3.48. The van der Waals surface area contributed by atoms with Crippen LogP contribution < -0.4 is 4.73 Å². The molecule has 0 saturated carbocycles. The second-order valence-corrected chi connectivity index (χ2v) is 4.89. The molecular weight excluding hydrogens is 262 g/mol. The first kappa shape index (κ1) is 13.4. The minimum Gasteiger partial charge on any atom is -0.618 e. The van der Waals surface area contributed by atoms with Crippen molar-refractivity contribution in [3.8, 4) is 0 Å². The summed E-state index contributed by atoms with van der Waals surface area (Å²) in [4.78, 5) is 12.3. The number of hydrogen-bond acceptors (Lipinski definition) is 4. The Hall–Kier alpha value is -2.01. The highest BCUT2D eigenvalue weighted by molar-refractivity contribution is 7.98. The van der Waals surface area contributed by atoms with Crippen molar-refractivity contribution < 1.29 is 14.3 Å². The van der Waals surface area contributed by atoms with Gasteiger partial charge in [-0.25, -0.2) is 4.79 Å². The Morgan fingerprint density at radius 3 is 2.74 bits per heavy atom. The Bertz CT molecular complexity index is 572. The molecule has 98 valence electrons. The van der Waals surface area contributed by atoms with Crippen molar-refractivity contribution in [2.75, 3.05) is 7.11 Å². The van der Waals surface area contributed by atoms with Crippen LogP contribution >= 0.6 is 11.8 Å². The average molecular weight is 275 g/mol. The molecule has 2 aromatic rings. The highest BCUT2D eigenvalue weighted by Gasteiger charge is 2.17. The molecule has 1 aromatic heterocycles. The number of nitrogens with zero attached hydrogens (tertiary/aromatic N) is 1. The number of carbonyl (C=O) groups is 1. The molecule has 0 aliphatic heterocycles. The number of carbonyl (C=O) groups excluding carboxylic acids is 1. The molecule has 0 N–H and O–H groups in total. The number of pyridine rings is 1. The maximum absolute atomic E-state index is 11.5. The van der Waals surface area contributed by atoms with Crippen LogP contribution in [0.5, 0.6) is 0 Å². The van der Waals surface area contributed by atoms with Gasteiger partial charge in [0.05, 0.1) is 7.11 Å². The average Bonchev–Trinajstić information content (AvgIpc) is 2.46. The maximum atomic E-state index is 11.5. The van der Waals surface area contributed by atoms with Crippen LogP contribution in [0.3, 0.4) is 0 Å². The van der Waals surface area contributed by atoms with Gasteiger partial charge in [-0.3, -0.25) is 0 Å². The maximum Gasteiger partial charge on any atom is 0.404 e. The SMILES string of the molecule is COC(=O)c1cc(SCc2ccccc2)cc[n+]1[O-]. The number of methoxy groups -OCH3 is 1. The first-order valence-electron chi connectivity index (χ1n) is 5.69. The molecule has 0 atom stereocenters. The highest BCUT2D eigenvalue weighted by Crippen LogP contribution is 2.22. The summed E-state index contributed by atoms with van der Waals surface area (Å²) in [6.07, 6.45) is 1.32. The summed E-state index contributed by atoms with van der Waals surface area (Å²) in [6, 6.07) is 13.2. The molecule has 1 aromatic carbocycles. The molecule has 0 bridgehead atoms. The van der Waals surface area contributed by atoms with Gasteiger partial charge in [0, 0.05) is 22.8 Å². The molecule has 2 rings (SSSR count). The second kappa shape index (κ2) is 6.24. The fraction of sp³-hybridized carbons (Fsp3) is 0.143. The van der Waals surface area contributed by atoms with Gasteiger partial charge in [-0.1, -0.05) is 30.3 Å². The van der Waals surface area contributed by atoms with E-state index in [2.05, 4.69) is 4.74 Å². The molecular formula is C14H13NO3S. The first-order valence-corrected chi connectivity index (χ1v) is 6.67. The van der Waals surface area contributed by atoms with Gasteiger partial charge in [-0.2, -0.15) is 4.73 Å². The van der Waals surface area contributed by atoms with Crippen LogP contribution in [0, 0.1) is 5.21 Å². The summed E-state index contributed by atoms with van der Waals surface area (Å²) >= 11 is 1.56. The van der Waals surface area contributed by atoms with Gasteiger partial charge < -0.3 is 9.94 Å². The number of benzene rings is 1. The fourth-order valence-corrected chi connectivity index (χ4v) is 2.43. The van der Waals surface area contributed by atoms with Crippen molar-refractivity contribution >= 4 is 17.7 Å². The summed E-state index contributed by atoms with van der Waals surface area (Å²) in [5.41, 5.74) is 1.19. The number of hydrogen-bond donors (Lipinski definition) is 0. The molecule has 0 saturated heterocycles. The van der Waals surface area contributed by atoms with Crippen molar-refractivity contribution in [1.29, 1.82) is 0 Å².